The maximum Gasteiger partial charge on any atom is 0.240 e. The second-order valence-corrected chi connectivity index (χ2v) is 5.70. The number of aromatic nitrogens is 5. The summed E-state index contributed by atoms with van der Waals surface area (Å²) < 4.78 is 5.34. The van der Waals surface area contributed by atoms with Crippen LogP contribution in [0.5, 0.6) is 0 Å². The SMILES string of the molecule is Cc1ccccc1-c1noc(C(C)Sc2cn[nH]n2)n1. The lowest BCUT2D eigenvalue weighted by Gasteiger charge is -2.01. The molecule has 0 spiro atoms. The molecule has 2 heterocycles. The first-order valence-corrected chi connectivity index (χ1v) is 7.04. The monoisotopic (exact) mass is 287 g/mol. The van der Waals surface area contributed by atoms with Gasteiger partial charge in [0.05, 0.1) is 11.4 Å². The Bertz CT molecular complexity index is 694. The number of aryl methyl sites for hydroxylation is 1. The molecule has 0 amide bonds. The van der Waals surface area contributed by atoms with Crippen molar-refractivity contribution in [2.75, 3.05) is 0 Å². The van der Waals surface area contributed by atoms with E-state index in [2.05, 4.69) is 25.6 Å². The molecule has 0 aliphatic heterocycles. The van der Waals surface area contributed by atoms with Crippen molar-refractivity contribution in [3.05, 3.63) is 41.9 Å². The molecule has 0 bridgehead atoms. The molecule has 0 aliphatic carbocycles. The molecule has 1 atom stereocenters. The van der Waals surface area contributed by atoms with Crippen LogP contribution in [0.25, 0.3) is 11.4 Å². The maximum absolute atomic E-state index is 5.34. The Morgan fingerprint density at radius 3 is 2.90 bits per heavy atom. The average molecular weight is 287 g/mol. The Hall–Kier alpha value is -2.15. The van der Waals surface area contributed by atoms with E-state index >= 15 is 0 Å². The Kier molecular flexibility index (Phi) is 3.51. The molecule has 0 fully saturated rings. The van der Waals surface area contributed by atoms with Gasteiger partial charge in [-0.2, -0.15) is 15.3 Å². The van der Waals surface area contributed by atoms with Crippen molar-refractivity contribution in [2.45, 2.75) is 24.1 Å². The smallest absolute Gasteiger partial charge is 0.240 e. The molecule has 0 saturated carbocycles. The van der Waals surface area contributed by atoms with Crippen molar-refractivity contribution in [3.8, 4) is 11.4 Å². The van der Waals surface area contributed by atoms with Crippen LogP contribution < -0.4 is 0 Å². The predicted molar refractivity (Wildman–Crippen MR) is 75.1 cm³/mol. The topological polar surface area (TPSA) is 80.5 Å². The number of hydrogen-bond acceptors (Lipinski definition) is 6. The molecule has 2 aromatic heterocycles. The minimum Gasteiger partial charge on any atom is -0.338 e. The fourth-order valence-corrected chi connectivity index (χ4v) is 2.58. The van der Waals surface area contributed by atoms with E-state index in [0.717, 1.165) is 16.2 Å². The predicted octanol–water partition coefficient (Wildman–Crippen LogP) is 3.02. The van der Waals surface area contributed by atoms with Gasteiger partial charge in [-0.3, -0.25) is 0 Å². The van der Waals surface area contributed by atoms with Gasteiger partial charge in [-0.25, -0.2) is 0 Å². The summed E-state index contributed by atoms with van der Waals surface area (Å²) in [4.78, 5) is 4.46. The lowest BCUT2D eigenvalue weighted by atomic mass is 10.1. The van der Waals surface area contributed by atoms with E-state index < -0.39 is 0 Å². The summed E-state index contributed by atoms with van der Waals surface area (Å²) in [5, 5.41) is 15.2. The van der Waals surface area contributed by atoms with Crippen LogP contribution >= 0.6 is 11.8 Å². The minimum atomic E-state index is 0.0189. The van der Waals surface area contributed by atoms with Gasteiger partial charge >= 0.3 is 0 Å². The molecule has 1 unspecified atom stereocenters. The number of H-pyrrole nitrogens is 1. The number of aromatic amines is 1. The third kappa shape index (κ3) is 2.57. The van der Waals surface area contributed by atoms with Crippen molar-refractivity contribution < 1.29 is 4.52 Å². The van der Waals surface area contributed by atoms with Gasteiger partial charge in [-0.15, -0.1) is 5.10 Å². The molecule has 1 aromatic carbocycles. The molecular weight excluding hydrogens is 274 g/mol. The first kappa shape index (κ1) is 12.9. The first-order chi connectivity index (χ1) is 9.74. The van der Waals surface area contributed by atoms with Crippen LogP contribution in [0.15, 0.2) is 40.0 Å². The number of thioether (sulfide) groups is 1. The van der Waals surface area contributed by atoms with E-state index in [9.17, 15) is 0 Å². The van der Waals surface area contributed by atoms with Crippen molar-refractivity contribution >= 4 is 11.8 Å². The number of benzene rings is 1. The summed E-state index contributed by atoms with van der Waals surface area (Å²) in [6, 6.07) is 7.97. The molecule has 3 aromatic rings. The Labute approximate surface area is 120 Å². The van der Waals surface area contributed by atoms with Crippen molar-refractivity contribution in [3.63, 3.8) is 0 Å². The van der Waals surface area contributed by atoms with Gasteiger partial charge in [0.2, 0.25) is 11.7 Å². The van der Waals surface area contributed by atoms with Gasteiger partial charge < -0.3 is 4.52 Å². The van der Waals surface area contributed by atoms with Crippen LogP contribution in [0.1, 0.15) is 23.6 Å². The summed E-state index contributed by atoms with van der Waals surface area (Å²) in [7, 11) is 0. The van der Waals surface area contributed by atoms with Crippen LogP contribution in [-0.2, 0) is 0 Å². The molecule has 0 saturated heterocycles. The molecule has 7 heteroatoms. The van der Waals surface area contributed by atoms with Gasteiger partial charge in [-0.1, -0.05) is 41.2 Å². The Morgan fingerprint density at radius 1 is 1.30 bits per heavy atom. The third-order valence-electron chi connectivity index (χ3n) is 2.87. The van der Waals surface area contributed by atoms with E-state index in [1.54, 1.807) is 6.20 Å². The van der Waals surface area contributed by atoms with Gasteiger partial charge in [0, 0.05) is 5.56 Å². The van der Waals surface area contributed by atoms with E-state index in [4.69, 9.17) is 4.52 Å². The molecule has 0 radical (unpaired) electrons. The molecular formula is C13H13N5OS. The first-order valence-electron chi connectivity index (χ1n) is 6.16. The fraction of sp³-hybridized carbons (Fsp3) is 0.231. The Morgan fingerprint density at radius 2 is 2.15 bits per heavy atom. The van der Waals surface area contributed by atoms with E-state index in [1.165, 1.54) is 11.8 Å². The van der Waals surface area contributed by atoms with Crippen molar-refractivity contribution in [1.29, 1.82) is 0 Å². The second-order valence-electron chi connectivity index (χ2n) is 4.34. The van der Waals surface area contributed by atoms with Crippen LogP contribution in [0.4, 0.5) is 0 Å². The summed E-state index contributed by atoms with van der Waals surface area (Å²) >= 11 is 1.51. The lowest BCUT2D eigenvalue weighted by molar-refractivity contribution is 0.380. The zero-order chi connectivity index (χ0) is 13.9. The van der Waals surface area contributed by atoms with E-state index in [1.807, 2.05) is 38.1 Å². The largest absolute Gasteiger partial charge is 0.338 e. The van der Waals surface area contributed by atoms with E-state index in [-0.39, 0.29) is 5.25 Å². The summed E-state index contributed by atoms with van der Waals surface area (Å²) in [5.41, 5.74) is 2.11. The fourth-order valence-electron chi connectivity index (χ4n) is 1.81. The van der Waals surface area contributed by atoms with Gasteiger partial charge in [-0.05, 0) is 19.4 Å². The zero-order valence-electron chi connectivity index (χ0n) is 11.1. The normalized spacial score (nSPS) is 12.5. The van der Waals surface area contributed by atoms with Gasteiger partial charge in [0.15, 0.2) is 0 Å². The summed E-state index contributed by atoms with van der Waals surface area (Å²) in [6.07, 6.45) is 1.67. The van der Waals surface area contributed by atoms with Gasteiger partial charge in [0.25, 0.3) is 0 Å². The third-order valence-corrected chi connectivity index (χ3v) is 3.86. The van der Waals surface area contributed by atoms with Crippen LogP contribution in [0.2, 0.25) is 0 Å². The maximum atomic E-state index is 5.34. The number of rotatable bonds is 4. The minimum absolute atomic E-state index is 0.0189. The molecule has 6 nitrogen and oxygen atoms in total. The zero-order valence-corrected chi connectivity index (χ0v) is 11.9. The highest BCUT2D eigenvalue weighted by Crippen LogP contribution is 2.33. The highest BCUT2D eigenvalue weighted by molar-refractivity contribution is 7.99. The summed E-state index contributed by atoms with van der Waals surface area (Å²) in [6.45, 7) is 4.02. The van der Waals surface area contributed by atoms with E-state index in [0.29, 0.717) is 11.7 Å². The quantitative estimate of drug-likeness (QED) is 0.743. The van der Waals surface area contributed by atoms with Gasteiger partial charge in [0.1, 0.15) is 5.03 Å². The van der Waals surface area contributed by atoms with Crippen molar-refractivity contribution in [2.24, 2.45) is 0 Å². The number of nitrogens with one attached hydrogen (secondary N) is 1. The molecule has 0 aliphatic rings. The Balaban J connectivity index is 1.81. The molecule has 20 heavy (non-hydrogen) atoms. The average Bonchev–Trinajstić information content (AvgIpc) is 3.10. The van der Waals surface area contributed by atoms with Crippen LogP contribution in [-0.4, -0.2) is 25.6 Å². The molecule has 102 valence electrons. The molecule has 1 N–H and O–H groups in total. The second kappa shape index (κ2) is 5.46. The standard InChI is InChI=1S/C13H13N5OS/c1-8-5-3-4-6-10(8)12-15-13(19-17-12)9(2)20-11-7-14-18-16-11/h3-7,9H,1-2H3,(H,14,16,18). The number of nitrogens with zero attached hydrogens (tertiary/aromatic N) is 4. The summed E-state index contributed by atoms with van der Waals surface area (Å²) in [5.74, 6) is 1.20. The highest BCUT2D eigenvalue weighted by Gasteiger charge is 2.18. The van der Waals surface area contributed by atoms with Crippen LogP contribution in [0, 0.1) is 6.92 Å². The van der Waals surface area contributed by atoms with Crippen molar-refractivity contribution in [1.82, 2.24) is 25.6 Å². The molecule has 3 rings (SSSR count). The lowest BCUT2D eigenvalue weighted by Crippen LogP contribution is -1.90. The highest BCUT2D eigenvalue weighted by atomic mass is 32.2. The van der Waals surface area contributed by atoms with Crippen LogP contribution in [0.3, 0.4) is 0 Å². The number of hydrogen-bond donors (Lipinski definition) is 1.